The summed E-state index contributed by atoms with van der Waals surface area (Å²) in [6.07, 6.45) is 13.9. The number of hydrogen-bond acceptors (Lipinski definition) is 6. The van der Waals surface area contributed by atoms with Crippen LogP contribution in [0.15, 0.2) is 30.5 Å². The summed E-state index contributed by atoms with van der Waals surface area (Å²) in [4.78, 5) is 9.50. The summed E-state index contributed by atoms with van der Waals surface area (Å²) < 4.78 is 2.10. The quantitative estimate of drug-likeness (QED) is 0.349. The van der Waals surface area contributed by atoms with Crippen molar-refractivity contribution in [3.05, 3.63) is 36.2 Å². The number of hydrogen-bond donors (Lipinski definition) is 3. The third-order valence-electron chi connectivity index (χ3n) is 7.18. The first-order valence-electron chi connectivity index (χ1n) is 13.3. The second-order valence-corrected chi connectivity index (χ2v) is 10.3. The molecule has 0 atom stereocenters. The molecule has 182 valence electrons. The van der Waals surface area contributed by atoms with Crippen molar-refractivity contribution in [2.24, 2.45) is 0 Å². The van der Waals surface area contributed by atoms with Crippen LogP contribution in [0.2, 0.25) is 0 Å². The normalized spacial score (nSPS) is 17.3. The summed E-state index contributed by atoms with van der Waals surface area (Å²) in [5.41, 5.74) is 4.31. The van der Waals surface area contributed by atoms with Gasteiger partial charge in [0.2, 0.25) is 5.95 Å². The Hall–Kier alpha value is -2.67. The molecular weight excluding hydrogens is 422 g/mol. The predicted molar refractivity (Wildman–Crippen MR) is 139 cm³/mol. The lowest BCUT2D eigenvalue weighted by Gasteiger charge is -2.14. The Bertz CT molecular complexity index is 1080. The zero-order valence-corrected chi connectivity index (χ0v) is 20.7. The molecule has 34 heavy (non-hydrogen) atoms. The topological polar surface area (TPSA) is 79.2 Å². The van der Waals surface area contributed by atoms with Crippen molar-refractivity contribution in [2.45, 2.75) is 96.2 Å². The first kappa shape index (κ1) is 23.1. The SMILES string of the molecule is CC(C)NCCCc1nn2c(NC3CCCC3)cccc2c1-c1ccnc(NC2CCCC2)n1. The van der Waals surface area contributed by atoms with Gasteiger partial charge in [0.1, 0.15) is 5.82 Å². The van der Waals surface area contributed by atoms with Crippen LogP contribution in [0, 0.1) is 0 Å². The second kappa shape index (κ2) is 10.7. The van der Waals surface area contributed by atoms with E-state index in [1.807, 2.05) is 12.3 Å². The summed E-state index contributed by atoms with van der Waals surface area (Å²) in [5, 5.41) is 16.0. The fourth-order valence-electron chi connectivity index (χ4n) is 5.43. The molecular formula is C27H39N7. The molecule has 3 N–H and O–H groups in total. The van der Waals surface area contributed by atoms with Crippen molar-refractivity contribution in [3.8, 4) is 11.3 Å². The highest BCUT2D eigenvalue weighted by Gasteiger charge is 2.21. The van der Waals surface area contributed by atoms with Crippen LogP contribution in [-0.2, 0) is 6.42 Å². The highest BCUT2D eigenvalue weighted by atomic mass is 15.3. The molecule has 3 aromatic rings. The van der Waals surface area contributed by atoms with Gasteiger partial charge < -0.3 is 16.0 Å². The molecule has 0 saturated heterocycles. The maximum atomic E-state index is 5.13. The highest BCUT2D eigenvalue weighted by Crippen LogP contribution is 2.32. The largest absolute Gasteiger partial charge is 0.367 e. The zero-order valence-electron chi connectivity index (χ0n) is 20.7. The number of pyridine rings is 1. The molecule has 0 unspecified atom stereocenters. The molecule has 2 aliphatic rings. The predicted octanol–water partition coefficient (Wildman–Crippen LogP) is 5.43. The molecule has 0 bridgehead atoms. The molecule has 3 heterocycles. The molecule has 7 nitrogen and oxygen atoms in total. The van der Waals surface area contributed by atoms with E-state index in [-0.39, 0.29) is 0 Å². The summed E-state index contributed by atoms with van der Waals surface area (Å²) in [5.74, 6) is 1.81. The van der Waals surface area contributed by atoms with Crippen LogP contribution in [0.3, 0.4) is 0 Å². The van der Waals surface area contributed by atoms with E-state index in [2.05, 4.69) is 57.5 Å². The molecule has 3 aromatic heterocycles. The first-order chi connectivity index (χ1) is 16.7. The van der Waals surface area contributed by atoms with Gasteiger partial charge in [-0.1, -0.05) is 45.6 Å². The molecule has 0 radical (unpaired) electrons. The maximum absolute atomic E-state index is 5.13. The van der Waals surface area contributed by atoms with Gasteiger partial charge in [-0.3, -0.25) is 0 Å². The molecule has 5 rings (SSSR count). The fraction of sp³-hybridized carbons (Fsp3) is 0.593. The van der Waals surface area contributed by atoms with Gasteiger partial charge in [0.25, 0.3) is 0 Å². The number of fused-ring (bicyclic) bond motifs is 1. The minimum absolute atomic E-state index is 0.489. The van der Waals surface area contributed by atoms with Gasteiger partial charge in [0, 0.05) is 29.9 Å². The molecule has 7 heteroatoms. The molecule has 0 amide bonds. The maximum Gasteiger partial charge on any atom is 0.223 e. The van der Waals surface area contributed by atoms with Crippen molar-refractivity contribution in [3.63, 3.8) is 0 Å². The highest BCUT2D eigenvalue weighted by molar-refractivity contribution is 5.82. The fourth-order valence-corrected chi connectivity index (χ4v) is 5.43. The Morgan fingerprint density at radius 2 is 1.71 bits per heavy atom. The van der Waals surface area contributed by atoms with E-state index >= 15 is 0 Å². The summed E-state index contributed by atoms with van der Waals surface area (Å²) >= 11 is 0. The van der Waals surface area contributed by atoms with E-state index in [9.17, 15) is 0 Å². The summed E-state index contributed by atoms with van der Waals surface area (Å²) in [6.45, 7) is 5.37. The Morgan fingerprint density at radius 1 is 0.971 bits per heavy atom. The van der Waals surface area contributed by atoms with Crippen molar-refractivity contribution < 1.29 is 0 Å². The van der Waals surface area contributed by atoms with E-state index in [0.29, 0.717) is 18.1 Å². The third-order valence-corrected chi connectivity index (χ3v) is 7.18. The molecule has 2 fully saturated rings. The smallest absolute Gasteiger partial charge is 0.223 e. The van der Waals surface area contributed by atoms with Gasteiger partial charge >= 0.3 is 0 Å². The van der Waals surface area contributed by atoms with Crippen LogP contribution in [-0.4, -0.2) is 44.3 Å². The van der Waals surface area contributed by atoms with Crippen LogP contribution in [0.25, 0.3) is 16.8 Å². The van der Waals surface area contributed by atoms with Crippen LogP contribution in [0.1, 0.15) is 77.3 Å². The minimum atomic E-state index is 0.489. The van der Waals surface area contributed by atoms with Gasteiger partial charge in [-0.25, -0.2) is 14.5 Å². The number of aryl methyl sites for hydroxylation is 1. The van der Waals surface area contributed by atoms with E-state index in [1.165, 1.54) is 51.4 Å². The number of nitrogens with zero attached hydrogens (tertiary/aromatic N) is 4. The van der Waals surface area contributed by atoms with Crippen LogP contribution >= 0.6 is 0 Å². The number of nitrogens with one attached hydrogen (secondary N) is 3. The van der Waals surface area contributed by atoms with Gasteiger partial charge in [-0.05, 0) is 63.3 Å². The lowest BCUT2D eigenvalue weighted by molar-refractivity contribution is 0.568. The van der Waals surface area contributed by atoms with Gasteiger partial charge in [-0.2, -0.15) is 5.10 Å². The monoisotopic (exact) mass is 461 g/mol. The Kier molecular flexibility index (Phi) is 7.28. The zero-order chi connectivity index (χ0) is 23.3. The van der Waals surface area contributed by atoms with Crippen molar-refractivity contribution in [2.75, 3.05) is 17.2 Å². The Labute approximate surface area is 203 Å². The number of anilines is 2. The minimum Gasteiger partial charge on any atom is -0.367 e. The van der Waals surface area contributed by atoms with Gasteiger partial charge in [0.05, 0.1) is 16.9 Å². The van der Waals surface area contributed by atoms with E-state index in [0.717, 1.165) is 53.6 Å². The van der Waals surface area contributed by atoms with Crippen LogP contribution in [0.5, 0.6) is 0 Å². The van der Waals surface area contributed by atoms with E-state index in [4.69, 9.17) is 10.1 Å². The van der Waals surface area contributed by atoms with E-state index in [1.54, 1.807) is 0 Å². The van der Waals surface area contributed by atoms with Crippen LogP contribution in [0.4, 0.5) is 11.8 Å². The van der Waals surface area contributed by atoms with Crippen molar-refractivity contribution in [1.82, 2.24) is 24.9 Å². The summed E-state index contributed by atoms with van der Waals surface area (Å²) in [6, 6.07) is 10.0. The number of aromatic nitrogens is 4. The lowest BCUT2D eigenvalue weighted by atomic mass is 10.1. The summed E-state index contributed by atoms with van der Waals surface area (Å²) in [7, 11) is 0. The molecule has 0 aromatic carbocycles. The van der Waals surface area contributed by atoms with E-state index < -0.39 is 0 Å². The average molecular weight is 462 g/mol. The molecule has 0 spiro atoms. The first-order valence-corrected chi connectivity index (χ1v) is 13.3. The molecule has 0 aliphatic heterocycles. The van der Waals surface area contributed by atoms with Gasteiger partial charge in [0.15, 0.2) is 0 Å². The lowest BCUT2D eigenvalue weighted by Crippen LogP contribution is -2.24. The number of rotatable bonds is 10. The third kappa shape index (κ3) is 5.35. The van der Waals surface area contributed by atoms with Crippen molar-refractivity contribution in [1.29, 1.82) is 0 Å². The Morgan fingerprint density at radius 3 is 2.44 bits per heavy atom. The molecule has 2 aliphatic carbocycles. The van der Waals surface area contributed by atoms with Crippen molar-refractivity contribution >= 4 is 17.3 Å². The Balaban J connectivity index is 1.48. The standard InChI is InChI=1S/C27H39N7/c1-19(2)28-17-8-13-23-26(22-16-18-29-27(32-22)31-21-11-5-6-12-21)24-14-7-15-25(34(24)33-23)30-20-9-3-4-10-20/h7,14-16,18-21,28,30H,3-6,8-13,17H2,1-2H3,(H,29,31,32). The van der Waals surface area contributed by atoms with Gasteiger partial charge in [-0.15, -0.1) is 0 Å². The molecule has 2 saturated carbocycles. The van der Waals surface area contributed by atoms with Crippen LogP contribution < -0.4 is 16.0 Å². The second-order valence-electron chi connectivity index (χ2n) is 10.3. The average Bonchev–Trinajstić information content (AvgIpc) is 3.59.